The summed E-state index contributed by atoms with van der Waals surface area (Å²) < 4.78 is 14.7. The van der Waals surface area contributed by atoms with E-state index in [2.05, 4.69) is 10.6 Å². The van der Waals surface area contributed by atoms with E-state index in [4.69, 9.17) is 0 Å². The van der Waals surface area contributed by atoms with Gasteiger partial charge in [-0.1, -0.05) is 23.8 Å². The lowest BCUT2D eigenvalue weighted by Gasteiger charge is -2.20. The summed E-state index contributed by atoms with van der Waals surface area (Å²) in [6.07, 6.45) is 0.740. The molecule has 1 atom stereocenters. The van der Waals surface area contributed by atoms with Crippen molar-refractivity contribution in [3.05, 3.63) is 58.9 Å². The Hall–Kier alpha value is -2.73. The summed E-state index contributed by atoms with van der Waals surface area (Å²) in [6.45, 7) is 3.66. The Balaban J connectivity index is 1.48. The van der Waals surface area contributed by atoms with Gasteiger partial charge in [0.1, 0.15) is 5.82 Å². The number of carbonyl (C=O) groups is 2. The molecule has 2 heterocycles. The summed E-state index contributed by atoms with van der Waals surface area (Å²) in [7, 11) is 0. The third-order valence-electron chi connectivity index (χ3n) is 5.31. The first-order valence-corrected chi connectivity index (χ1v) is 9.22. The molecular formula is C21H22FN3O2. The van der Waals surface area contributed by atoms with E-state index in [1.54, 1.807) is 11.0 Å². The van der Waals surface area contributed by atoms with Crippen LogP contribution in [0, 0.1) is 18.7 Å². The number of carbonyl (C=O) groups excluding carboxylic acids is 2. The van der Waals surface area contributed by atoms with E-state index in [0.717, 1.165) is 23.4 Å². The Morgan fingerprint density at radius 2 is 2.00 bits per heavy atom. The minimum absolute atomic E-state index is 0.0870. The Bertz CT molecular complexity index is 895. The van der Waals surface area contributed by atoms with Gasteiger partial charge in [0.05, 0.1) is 11.6 Å². The SMILES string of the molecule is Cc1ccc(N2CC(C(=O)Nc3ccc4c(c3F)CCNC4)CC2=O)cc1. The highest BCUT2D eigenvalue weighted by Crippen LogP contribution is 2.28. The third-order valence-corrected chi connectivity index (χ3v) is 5.31. The number of hydrogen-bond donors (Lipinski definition) is 2. The molecular weight excluding hydrogens is 345 g/mol. The molecule has 27 heavy (non-hydrogen) atoms. The lowest BCUT2D eigenvalue weighted by molar-refractivity contribution is -0.122. The van der Waals surface area contributed by atoms with Gasteiger partial charge >= 0.3 is 0 Å². The first-order valence-electron chi connectivity index (χ1n) is 9.22. The first kappa shape index (κ1) is 17.7. The van der Waals surface area contributed by atoms with E-state index in [1.807, 2.05) is 37.3 Å². The van der Waals surface area contributed by atoms with E-state index < -0.39 is 5.92 Å². The van der Waals surface area contributed by atoms with Gasteiger partial charge in [-0.05, 0) is 49.2 Å². The van der Waals surface area contributed by atoms with E-state index in [1.165, 1.54) is 0 Å². The number of aryl methyl sites for hydroxylation is 1. The molecule has 5 nitrogen and oxygen atoms in total. The van der Waals surface area contributed by atoms with Crippen LogP contribution < -0.4 is 15.5 Å². The van der Waals surface area contributed by atoms with Gasteiger partial charge in [0, 0.05) is 25.2 Å². The number of nitrogens with zero attached hydrogens (tertiary/aromatic N) is 1. The summed E-state index contributed by atoms with van der Waals surface area (Å²) in [6, 6.07) is 11.1. The molecule has 1 fully saturated rings. The van der Waals surface area contributed by atoms with E-state index in [-0.39, 0.29) is 29.7 Å². The van der Waals surface area contributed by atoms with Crippen LogP contribution in [0.5, 0.6) is 0 Å². The molecule has 1 unspecified atom stereocenters. The molecule has 4 rings (SSSR count). The zero-order chi connectivity index (χ0) is 19.0. The van der Waals surface area contributed by atoms with Crippen LogP contribution in [0.2, 0.25) is 0 Å². The van der Waals surface area contributed by atoms with Crippen molar-refractivity contribution in [2.45, 2.75) is 26.3 Å². The van der Waals surface area contributed by atoms with Crippen LogP contribution in [0.1, 0.15) is 23.1 Å². The van der Waals surface area contributed by atoms with Crippen LogP contribution in [0.4, 0.5) is 15.8 Å². The minimum Gasteiger partial charge on any atom is -0.323 e. The van der Waals surface area contributed by atoms with Gasteiger partial charge in [0.2, 0.25) is 11.8 Å². The molecule has 1 saturated heterocycles. The molecule has 2 aromatic carbocycles. The molecule has 0 aromatic heterocycles. The molecule has 6 heteroatoms. The zero-order valence-corrected chi connectivity index (χ0v) is 15.2. The van der Waals surface area contributed by atoms with Crippen molar-refractivity contribution in [2.24, 2.45) is 5.92 Å². The average molecular weight is 367 g/mol. The zero-order valence-electron chi connectivity index (χ0n) is 15.2. The second-order valence-electron chi connectivity index (χ2n) is 7.22. The third kappa shape index (κ3) is 3.45. The van der Waals surface area contributed by atoms with Gasteiger partial charge < -0.3 is 15.5 Å². The van der Waals surface area contributed by atoms with Gasteiger partial charge in [0.25, 0.3) is 0 Å². The fourth-order valence-corrected chi connectivity index (χ4v) is 3.72. The van der Waals surface area contributed by atoms with Gasteiger partial charge in [-0.25, -0.2) is 4.39 Å². The predicted octanol–water partition coefficient (Wildman–Crippen LogP) is 2.77. The smallest absolute Gasteiger partial charge is 0.229 e. The highest BCUT2D eigenvalue weighted by atomic mass is 19.1. The summed E-state index contributed by atoms with van der Waals surface area (Å²) >= 11 is 0. The Morgan fingerprint density at radius 3 is 2.78 bits per heavy atom. The maximum Gasteiger partial charge on any atom is 0.229 e. The summed E-state index contributed by atoms with van der Waals surface area (Å²) in [5.74, 6) is -1.25. The Morgan fingerprint density at radius 1 is 1.22 bits per heavy atom. The van der Waals surface area contributed by atoms with Gasteiger partial charge in [-0.2, -0.15) is 0 Å². The molecule has 2 aromatic rings. The standard InChI is InChI=1S/C21H22FN3O2/c1-13-2-5-16(6-3-13)25-12-15(10-19(25)26)21(27)24-18-7-4-14-11-23-9-8-17(14)20(18)22/h2-7,15,23H,8-12H2,1H3,(H,24,27). The lowest BCUT2D eigenvalue weighted by Crippen LogP contribution is -2.29. The fraction of sp³-hybridized carbons (Fsp3) is 0.333. The number of hydrogen-bond acceptors (Lipinski definition) is 3. The molecule has 2 amide bonds. The van der Waals surface area contributed by atoms with Crippen LogP contribution in [0.15, 0.2) is 36.4 Å². The topological polar surface area (TPSA) is 61.4 Å². The Kier molecular flexibility index (Phi) is 4.66. The highest BCUT2D eigenvalue weighted by molar-refractivity contribution is 6.03. The van der Waals surface area contributed by atoms with Crippen molar-refractivity contribution < 1.29 is 14.0 Å². The van der Waals surface area contributed by atoms with Crippen LogP contribution in [0.3, 0.4) is 0 Å². The van der Waals surface area contributed by atoms with Crippen molar-refractivity contribution in [3.8, 4) is 0 Å². The number of benzene rings is 2. The summed E-state index contributed by atoms with van der Waals surface area (Å²) in [5.41, 5.74) is 3.68. The first-order chi connectivity index (χ1) is 13.0. The van der Waals surface area contributed by atoms with E-state index >= 15 is 0 Å². The second kappa shape index (κ2) is 7.12. The predicted molar refractivity (Wildman–Crippen MR) is 102 cm³/mol. The quantitative estimate of drug-likeness (QED) is 0.877. The fourth-order valence-electron chi connectivity index (χ4n) is 3.72. The van der Waals surface area contributed by atoms with Crippen molar-refractivity contribution in [2.75, 3.05) is 23.3 Å². The van der Waals surface area contributed by atoms with Gasteiger partial charge in [-0.15, -0.1) is 0 Å². The maximum atomic E-state index is 14.7. The van der Waals surface area contributed by atoms with Crippen LogP contribution in [-0.4, -0.2) is 24.9 Å². The number of fused-ring (bicyclic) bond motifs is 1. The number of rotatable bonds is 3. The summed E-state index contributed by atoms with van der Waals surface area (Å²) in [4.78, 5) is 26.6. The molecule has 0 spiro atoms. The van der Waals surface area contributed by atoms with Crippen molar-refractivity contribution in [1.82, 2.24) is 5.32 Å². The van der Waals surface area contributed by atoms with Crippen LogP contribution in [-0.2, 0) is 22.6 Å². The van der Waals surface area contributed by atoms with Crippen LogP contribution >= 0.6 is 0 Å². The number of anilines is 2. The molecule has 2 aliphatic rings. The Labute approximate surface area is 157 Å². The van der Waals surface area contributed by atoms with E-state index in [9.17, 15) is 14.0 Å². The van der Waals surface area contributed by atoms with Gasteiger partial charge in [-0.3, -0.25) is 9.59 Å². The average Bonchev–Trinajstić information content (AvgIpc) is 3.07. The monoisotopic (exact) mass is 367 g/mol. The second-order valence-corrected chi connectivity index (χ2v) is 7.22. The molecule has 0 bridgehead atoms. The molecule has 0 saturated carbocycles. The minimum atomic E-state index is -0.490. The lowest BCUT2D eigenvalue weighted by atomic mass is 9.99. The van der Waals surface area contributed by atoms with Crippen molar-refractivity contribution in [1.29, 1.82) is 0 Å². The molecule has 0 radical (unpaired) electrons. The molecule has 2 aliphatic heterocycles. The van der Waals surface area contributed by atoms with Gasteiger partial charge in [0.15, 0.2) is 0 Å². The number of amides is 2. The van der Waals surface area contributed by atoms with E-state index in [0.29, 0.717) is 25.1 Å². The van der Waals surface area contributed by atoms with Crippen molar-refractivity contribution in [3.63, 3.8) is 0 Å². The van der Waals surface area contributed by atoms with Crippen molar-refractivity contribution >= 4 is 23.2 Å². The summed E-state index contributed by atoms with van der Waals surface area (Å²) in [5, 5.41) is 5.90. The molecule has 2 N–H and O–H groups in total. The highest BCUT2D eigenvalue weighted by Gasteiger charge is 2.35. The molecule has 140 valence electrons. The maximum absolute atomic E-state index is 14.7. The largest absolute Gasteiger partial charge is 0.323 e. The number of nitrogens with one attached hydrogen (secondary N) is 2. The normalized spacial score (nSPS) is 19.1. The van der Waals surface area contributed by atoms with Crippen LogP contribution in [0.25, 0.3) is 0 Å². The number of halogens is 1. The molecule has 0 aliphatic carbocycles.